The van der Waals surface area contributed by atoms with Crippen molar-refractivity contribution in [2.24, 2.45) is 0 Å². The van der Waals surface area contributed by atoms with E-state index < -0.39 is 5.91 Å². The predicted octanol–water partition coefficient (Wildman–Crippen LogP) is 4.88. The predicted molar refractivity (Wildman–Crippen MR) is 130 cm³/mol. The number of fused-ring (bicyclic) bond motifs is 1. The molecule has 0 bridgehead atoms. The summed E-state index contributed by atoms with van der Waals surface area (Å²) >= 11 is 0. The van der Waals surface area contributed by atoms with E-state index in [2.05, 4.69) is 15.1 Å². The number of aryl methyl sites for hydroxylation is 1. The largest absolute Gasteiger partial charge is 0.380 e. The first-order chi connectivity index (χ1) is 13.5. The molecule has 3 rings (SSSR count). The van der Waals surface area contributed by atoms with Gasteiger partial charge in [-0.3, -0.25) is 15.0 Å². The molecule has 30 heavy (non-hydrogen) atoms. The summed E-state index contributed by atoms with van der Waals surface area (Å²) in [6.45, 7) is 11.0. The van der Waals surface area contributed by atoms with Gasteiger partial charge in [0.15, 0.2) is 5.82 Å². The Morgan fingerprint density at radius 3 is 2.07 bits per heavy atom. The lowest BCUT2D eigenvalue weighted by atomic mass is 10.2. The summed E-state index contributed by atoms with van der Waals surface area (Å²) < 4.78 is 4.76. The standard InChI is InChI=1S/C7H6N2.C6H5N3O.C2H5NO2.2C2H6.CH4.HI/c1-6-7(5-8)3-2-4-9-6;7-5-4-2-1-3-8-6(4)10-9-5;1-2(4)3-5;2*1-2;;/h2-4H,1H3;1-3H,(H2,7,9);5H,1H3,(H,3,4);2*1-2H3;1H4;1H. The van der Waals surface area contributed by atoms with Gasteiger partial charge in [0.2, 0.25) is 5.91 Å². The molecule has 0 aromatic carbocycles. The van der Waals surface area contributed by atoms with E-state index in [4.69, 9.17) is 20.7 Å². The fourth-order valence-corrected chi connectivity index (χ4v) is 1.40. The van der Waals surface area contributed by atoms with Crippen molar-refractivity contribution < 1.29 is 14.5 Å². The van der Waals surface area contributed by atoms with Crippen molar-refractivity contribution in [2.45, 2.75) is 49.0 Å². The quantitative estimate of drug-likeness (QED) is 0.210. The molecule has 10 heteroatoms. The number of nitrogen functional groups attached to an aromatic ring is 1. The monoisotopic (exact) mass is 532 g/mol. The average Bonchev–Trinajstić information content (AvgIpc) is 3.13. The van der Waals surface area contributed by atoms with E-state index in [0.29, 0.717) is 17.1 Å². The fourth-order valence-electron chi connectivity index (χ4n) is 1.40. The van der Waals surface area contributed by atoms with Crippen molar-refractivity contribution in [1.82, 2.24) is 20.6 Å². The van der Waals surface area contributed by atoms with E-state index in [-0.39, 0.29) is 31.4 Å². The van der Waals surface area contributed by atoms with Gasteiger partial charge in [-0.25, -0.2) is 10.5 Å². The zero-order chi connectivity index (χ0) is 21.9. The first-order valence-corrected chi connectivity index (χ1v) is 8.67. The lowest BCUT2D eigenvalue weighted by Crippen LogP contribution is -2.12. The molecule has 0 spiro atoms. The molecular weight excluding hydrogens is 499 g/mol. The van der Waals surface area contributed by atoms with E-state index >= 15 is 0 Å². The van der Waals surface area contributed by atoms with Crippen molar-refractivity contribution in [1.29, 1.82) is 5.26 Å². The summed E-state index contributed by atoms with van der Waals surface area (Å²) in [5, 5.41) is 20.3. The topological polar surface area (TPSA) is 151 Å². The van der Waals surface area contributed by atoms with Crippen LogP contribution in [0.1, 0.15) is 53.3 Å². The van der Waals surface area contributed by atoms with Crippen molar-refractivity contribution in [3.05, 3.63) is 47.9 Å². The smallest absolute Gasteiger partial charge is 0.259 e. The van der Waals surface area contributed by atoms with Gasteiger partial charge in [0.05, 0.1) is 16.6 Å². The minimum absolute atomic E-state index is 0. The van der Waals surface area contributed by atoms with E-state index in [0.717, 1.165) is 11.1 Å². The van der Waals surface area contributed by atoms with Crippen LogP contribution in [-0.4, -0.2) is 26.2 Å². The van der Waals surface area contributed by atoms with Gasteiger partial charge in [0.1, 0.15) is 6.07 Å². The molecule has 3 aromatic heterocycles. The number of pyridine rings is 2. The van der Waals surface area contributed by atoms with Crippen LogP contribution in [-0.2, 0) is 4.79 Å². The summed E-state index contributed by atoms with van der Waals surface area (Å²) in [5.41, 5.74) is 8.75. The van der Waals surface area contributed by atoms with Crippen LogP contribution >= 0.6 is 24.0 Å². The number of hydrogen-bond acceptors (Lipinski definition) is 8. The molecule has 4 N–H and O–H groups in total. The minimum Gasteiger partial charge on any atom is -0.380 e. The zero-order valence-corrected chi connectivity index (χ0v) is 19.8. The van der Waals surface area contributed by atoms with Crippen molar-refractivity contribution in [2.75, 3.05) is 5.73 Å². The summed E-state index contributed by atoms with van der Waals surface area (Å²) in [4.78, 5) is 17.3. The Hall–Kier alpha value is -2.78. The number of nitrogens with two attached hydrogens (primary N) is 1. The third-order valence-electron chi connectivity index (χ3n) is 2.56. The van der Waals surface area contributed by atoms with Gasteiger partial charge in [-0.05, 0) is 31.2 Å². The highest BCUT2D eigenvalue weighted by molar-refractivity contribution is 14.0. The van der Waals surface area contributed by atoms with Gasteiger partial charge >= 0.3 is 0 Å². The number of carbonyl (C=O) groups excluding carboxylic acids is 1. The van der Waals surface area contributed by atoms with Crippen LogP contribution in [0.4, 0.5) is 5.82 Å². The average molecular weight is 532 g/mol. The van der Waals surface area contributed by atoms with Crippen LogP contribution in [0.15, 0.2) is 41.2 Å². The molecule has 3 heterocycles. The normalized spacial score (nSPS) is 7.53. The van der Waals surface area contributed by atoms with Crippen molar-refractivity contribution in [3.63, 3.8) is 0 Å². The van der Waals surface area contributed by atoms with Gasteiger partial charge in [0.25, 0.3) is 5.71 Å². The molecule has 0 aliphatic carbocycles. The molecule has 0 aliphatic rings. The molecule has 3 aromatic rings. The second kappa shape index (κ2) is 22.5. The number of halogens is 1. The molecule has 0 atom stereocenters. The number of nitrogens with one attached hydrogen (secondary N) is 1. The maximum Gasteiger partial charge on any atom is 0.259 e. The van der Waals surface area contributed by atoms with E-state index in [1.165, 1.54) is 12.4 Å². The van der Waals surface area contributed by atoms with Crippen LogP contribution in [0.5, 0.6) is 0 Å². The Morgan fingerprint density at radius 1 is 1.17 bits per heavy atom. The Morgan fingerprint density at radius 2 is 1.67 bits per heavy atom. The van der Waals surface area contributed by atoms with E-state index in [9.17, 15) is 4.79 Å². The maximum atomic E-state index is 9.45. The van der Waals surface area contributed by atoms with Gasteiger partial charge in [-0.2, -0.15) is 5.26 Å². The van der Waals surface area contributed by atoms with Crippen LogP contribution < -0.4 is 11.2 Å². The van der Waals surface area contributed by atoms with Gasteiger partial charge in [-0.15, -0.1) is 24.0 Å². The first-order valence-electron chi connectivity index (χ1n) is 8.67. The number of nitriles is 1. The third kappa shape index (κ3) is 14.3. The molecule has 9 nitrogen and oxygen atoms in total. The SMILES string of the molecule is C.CC.CC.CC(=O)NO.Cc1ncccc1C#N.I.Nc1noc2ncccc12. The Bertz CT molecular complexity index is 850. The van der Waals surface area contributed by atoms with Gasteiger partial charge < -0.3 is 10.3 Å². The molecule has 0 fully saturated rings. The Kier molecular flexibility index (Phi) is 26.0. The third-order valence-corrected chi connectivity index (χ3v) is 2.56. The molecular formula is C20H33IN6O3. The van der Waals surface area contributed by atoms with Crippen LogP contribution in [0.3, 0.4) is 0 Å². The number of carbonyl (C=O) groups is 1. The highest BCUT2D eigenvalue weighted by atomic mass is 127. The molecule has 0 saturated carbocycles. The summed E-state index contributed by atoms with van der Waals surface area (Å²) in [6.07, 6.45) is 3.31. The summed E-state index contributed by atoms with van der Waals surface area (Å²) in [6, 6.07) is 9.14. The van der Waals surface area contributed by atoms with Crippen molar-refractivity contribution >= 4 is 46.8 Å². The number of amides is 1. The van der Waals surface area contributed by atoms with Gasteiger partial charge in [0, 0.05) is 19.3 Å². The molecule has 0 radical (unpaired) electrons. The van der Waals surface area contributed by atoms with E-state index in [1.54, 1.807) is 30.6 Å². The number of hydrogen-bond donors (Lipinski definition) is 3. The summed E-state index contributed by atoms with van der Waals surface area (Å²) in [7, 11) is 0. The Labute approximate surface area is 195 Å². The van der Waals surface area contributed by atoms with Crippen LogP contribution in [0.25, 0.3) is 11.1 Å². The lowest BCUT2D eigenvalue weighted by molar-refractivity contribution is -0.126. The first kappa shape index (κ1) is 34.7. The summed E-state index contributed by atoms with van der Waals surface area (Å²) in [5.74, 6) is -0.0481. The number of aromatic nitrogens is 3. The second-order valence-corrected chi connectivity index (χ2v) is 4.34. The molecule has 0 unspecified atom stereocenters. The number of anilines is 1. The van der Waals surface area contributed by atoms with Gasteiger partial charge in [-0.1, -0.05) is 40.3 Å². The van der Waals surface area contributed by atoms with E-state index in [1.807, 2.05) is 46.8 Å². The Balaban J connectivity index is -0.000000157. The highest BCUT2D eigenvalue weighted by Crippen LogP contribution is 2.15. The highest BCUT2D eigenvalue weighted by Gasteiger charge is 2.02. The second-order valence-electron chi connectivity index (χ2n) is 4.34. The lowest BCUT2D eigenvalue weighted by Gasteiger charge is -1.89. The fraction of sp³-hybridized carbons (Fsp3) is 0.350. The van der Waals surface area contributed by atoms with Crippen LogP contribution in [0.2, 0.25) is 0 Å². The number of rotatable bonds is 0. The number of hydroxylamine groups is 1. The molecule has 1 amide bonds. The molecule has 168 valence electrons. The molecule has 0 saturated heterocycles. The minimum atomic E-state index is -0.440. The number of nitrogens with zero attached hydrogens (tertiary/aromatic N) is 4. The maximum absolute atomic E-state index is 9.45. The zero-order valence-electron chi connectivity index (χ0n) is 17.5. The van der Waals surface area contributed by atoms with Crippen LogP contribution in [0, 0.1) is 18.3 Å². The van der Waals surface area contributed by atoms with Crippen molar-refractivity contribution in [3.8, 4) is 6.07 Å². The molecule has 0 aliphatic heterocycles.